The van der Waals surface area contributed by atoms with Crippen LogP contribution in [0.15, 0.2) is 12.1 Å². The molecule has 0 fully saturated rings. The van der Waals surface area contributed by atoms with E-state index in [1.165, 1.54) is 13.0 Å². The number of nitrogens with zero attached hydrogens (tertiary/aromatic N) is 2. The standard InChI is InChI=1S/C7H7N3O4/c1-4-2-5(8)7(10(13)14)3-6(4)9(11)12/h2-3H,8H2,1H3. The summed E-state index contributed by atoms with van der Waals surface area (Å²) >= 11 is 0. The molecule has 2 N–H and O–H groups in total. The Bertz CT molecular complexity index is 380. The van der Waals surface area contributed by atoms with E-state index in [0.29, 0.717) is 5.56 Å². The summed E-state index contributed by atoms with van der Waals surface area (Å²) in [6, 6.07) is 2.08. The first-order valence-corrected chi connectivity index (χ1v) is 3.62. The first-order chi connectivity index (χ1) is 6.43. The van der Waals surface area contributed by atoms with Crippen LogP contribution in [0, 0.1) is 27.2 Å². The Labute approximate surface area is 78.4 Å². The van der Waals surface area contributed by atoms with E-state index in [4.69, 9.17) is 5.73 Å². The summed E-state index contributed by atoms with van der Waals surface area (Å²) in [5.41, 5.74) is 4.82. The van der Waals surface area contributed by atoms with E-state index in [2.05, 4.69) is 0 Å². The van der Waals surface area contributed by atoms with Crippen molar-refractivity contribution < 1.29 is 9.85 Å². The average Bonchev–Trinajstić information content (AvgIpc) is 2.02. The minimum Gasteiger partial charge on any atom is -0.393 e. The number of anilines is 1. The van der Waals surface area contributed by atoms with Crippen molar-refractivity contribution in [1.29, 1.82) is 0 Å². The number of benzene rings is 1. The van der Waals surface area contributed by atoms with Gasteiger partial charge in [-0.05, 0) is 13.0 Å². The number of nitro groups is 2. The fourth-order valence-corrected chi connectivity index (χ4v) is 1.06. The Balaban J connectivity index is 3.42. The molecule has 1 aromatic carbocycles. The van der Waals surface area contributed by atoms with Crippen molar-refractivity contribution >= 4 is 17.1 Å². The quantitative estimate of drug-likeness (QED) is 0.437. The molecule has 0 amide bonds. The molecule has 0 bridgehead atoms. The van der Waals surface area contributed by atoms with Crippen molar-refractivity contribution in [3.05, 3.63) is 37.9 Å². The maximum atomic E-state index is 10.5. The van der Waals surface area contributed by atoms with Crippen LogP contribution >= 0.6 is 0 Å². The van der Waals surface area contributed by atoms with Crippen LogP contribution in [0.3, 0.4) is 0 Å². The fourth-order valence-electron chi connectivity index (χ4n) is 1.06. The largest absolute Gasteiger partial charge is 0.393 e. The molecule has 0 unspecified atom stereocenters. The van der Waals surface area contributed by atoms with Gasteiger partial charge in [0, 0.05) is 5.56 Å². The molecule has 0 saturated heterocycles. The molecule has 0 radical (unpaired) electrons. The highest BCUT2D eigenvalue weighted by molar-refractivity contribution is 5.65. The van der Waals surface area contributed by atoms with Gasteiger partial charge in [-0.1, -0.05) is 0 Å². The summed E-state index contributed by atoms with van der Waals surface area (Å²) < 4.78 is 0. The summed E-state index contributed by atoms with van der Waals surface area (Å²) in [4.78, 5) is 19.4. The Morgan fingerprint density at radius 3 is 2.07 bits per heavy atom. The smallest absolute Gasteiger partial charge is 0.298 e. The second-order valence-corrected chi connectivity index (χ2v) is 2.71. The first-order valence-electron chi connectivity index (χ1n) is 3.62. The van der Waals surface area contributed by atoms with Crippen LogP contribution in [0.1, 0.15) is 5.56 Å². The number of nitro benzene ring substituents is 2. The zero-order chi connectivity index (χ0) is 10.9. The van der Waals surface area contributed by atoms with Gasteiger partial charge in [0.15, 0.2) is 0 Å². The van der Waals surface area contributed by atoms with Crippen LogP contribution in [0.25, 0.3) is 0 Å². The lowest BCUT2D eigenvalue weighted by Gasteiger charge is -1.99. The number of aryl methyl sites for hydroxylation is 1. The van der Waals surface area contributed by atoms with Gasteiger partial charge in [0.2, 0.25) is 0 Å². The van der Waals surface area contributed by atoms with Gasteiger partial charge >= 0.3 is 0 Å². The summed E-state index contributed by atoms with van der Waals surface area (Å²) in [5.74, 6) is 0. The molecule has 14 heavy (non-hydrogen) atoms. The molecule has 1 aromatic rings. The van der Waals surface area contributed by atoms with Crippen LogP contribution in [-0.2, 0) is 0 Å². The molecule has 0 aliphatic carbocycles. The molecule has 1 rings (SSSR count). The van der Waals surface area contributed by atoms with Crippen LogP contribution in [-0.4, -0.2) is 9.85 Å². The van der Waals surface area contributed by atoms with Gasteiger partial charge in [-0.25, -0.2) is 0 Å². The minimum absolute atomic E-state index is 0.0712. The van der Waals surface area contributed by atoms with Crippen LogP contribution < -0.4 is 5.73 Å². The van der Waals surface area contributed by atoms with Crippen molar-refractivity contribution in [2.45, 2.75) is 6.92 Å². The first kappa shape index (κ1) is 9.90. The maximum absolute atomic E-state index is 10.5. The molecular formula is C7H7N3O4. The molecular weight excluding hydrogens is 190 g/mol. The maximum Gasteiger partial charge on any atom is 0.298 e. The van der Waals surface area contributed by atoms with Crippen LogP contribution in [0.5, 0.6) is 0 Å². The monoisotopic (exact) mass is 197 g/mol. The molecule has 0 aliphatic heterocycles. The highest BCUT2D eigenvalue weighted by Gasteiger charge is 2.20. The third kappa shape index (κ3) is 1.60. The average molecular weight is 197 g/mol. The normalized spacial score (nSPS) is 9.79. The molecule has 7 heteroatoms. The molecule has 0 atom stereocenters. The van der Waals surface area contributed by atoms with Gasteiger partial charge in [0.25, 0.3) is 11.4 Å². The van der Waals surface area contributed by atoms with Gasteiger partial charge in [0.1, 0.15) is 5.69 Å². The van der Waals surface area contributed by atoms with E-state index in [9.17, 15) is 20.2 Å². The van der Waals surface area contributed by atoms with Crippen LogP contribution in [0.2, 0.25) is 0 Å². The van der Waals surface area contributed by atoms with Crippen LogP contribution in [0.4, 0.5) is 17.1 Å². The van der Waals surface area contributed by atoms with E-state index in [1.54, 1.807) is 0 Å². The van der Waals surface area contributed by atoms with E-state index in [-0.39, 0.29) is 11.4 Å². The Hall–Kier alpha value is -2.18. The minimum atomic E-state index is -0.748. The van der Waals surface area contributed by atoms with E-state index < -0.39 is 15.5 Å². The van der Waals surface area contributed by atoms with Crippen molar-refractivity contribution in [3.8, 4) is 0 Å². The van der Waals surface area contributed by atoms with Crippen molar-refractivity contribution in [1.82, 2.24) is 0 Å². The Morgan fingerprint density at radius 2 is 1.64 bits per heavy atom. The second-order valence-electron chi connectivity index (χ2n) is 2.71. The highest BCUT2D eigenvalue weighted by atomic mass is 16.6. The zero-order valence-electron chi connectivity index (χ0n) is 7.26. The van der Waals surface area contributed by atoms with Gasteiger partial charge in [-0.2, -0.15) is 0 Å². The number of nitrogens with two attached hydrogens (primary N) is 1. The van der Waals surface area contributed by atoms with Gasteiger partial charge in [0.05, 0.1) is 15.9 Å². The fraction of sp³-hybridized carbons (Fsp3) is 0.143. The highest BCUT2D eigenvalue weighted by Crippen LogP contribution is 2.29. The van der Waals surface area contributed by atoms with E-state index >= 15 is 0 Å². The SMILES string of the molecule is Cc1cc(N)c([N+](=O)[O-])cc1[N+](=O)[O-]. The second kappa shape index (κ2) is 3.29. The molecule has 0 spiro atoms. The summed E-state index contributed by atoms with van der Waals surface area (Å²) in [7, 11) is 0. The third-order valence-electron chi connectivity index (χ3n) is 1.74. The zero-order valence-corrected chi connectivity index (χ0v) is 7.26. The number of nitrogen functional groups attached to an aromatic ring is 1. The number of hydrogen-bond acceptors (Lipinski definition) is 5. The molecule has 74 valence electrons. The lowest BCUT2D eigenvalue weighted by molar-refractivity contribution is -0.394. The van der Waals surface area contributed by atoms with E-state index in [0.717, 1.165) is 6.07 Å². The molecule has 7 nitrogen and oxygen atoms in total. The molecule has 0 heterocycles. The Morgan fingerprint density at radius 1 is 1.14 bits per heavy atom. The summed E-state index contributed by atoms with van der Waals surface area (Å²) in [6.07, 6.45) is 0. The van der Waals surface area contributed by atoms with Gasteiger partial charge < -0.3 is 5.73 Å². The molecule has 0 aromatic heterocycles. The predicted molar refractivity (Wildman–Crippen MR) is 48.9 cm³/mol. The molecule has 0 saturated carbocycles. The number of rotatable bonds is 2. The lowest BCUT2D eigenvalue weighted by atomic mass is 10.1. The summed E-state index contributed by atoms with van der Waals surface area (Å²) in [5, 5.41) is 20.9. The number of hydrogen-bond donors (Lipinski definition) is 1. The third-order valence-corrected chi connectivity index (χ3v) is 1.74. The van der Waals surface area contributed by atoms with E-state index in [1.807, 2.05) is 0 Å². The van der Waals surface area contributed by atoms with Crippen molar-refractivity contribution in [2.75, 3.05) is 5.73 Å². The lowest BCUT2D eigenvalue weighted by Crippen LogP contribution is -1.99. The predicted octanol–water partition coefficient (Wildman–Crippen LogP) is 1.39. The van der Waals surface area contributed by atoms with Gasteiger partial charge in [-0.15, -0.1) is 0 Å². The molecule has 0 aliphatic rings. The topological polar surface area (TPSA) is 112 Å². The van der Waals surface area contributed by atoms with Crippen molar-refractivity contribution in [3.63, 3.8) is 0 Å². The van der Waals surface area contributed by atoms with Gasteiger partial charge in [-0.3, -0.25) is 20.2 Å². The Kier molecular flexibility index (Phi) is 2.32. The summed E-state index contributed by atoms with van der Waals surface area (Å²) in [6.45, 7) is 1.47. The van der Waals surface area contributed by atoms with Crippen molar-refractivity contribution in [2.24, 2.45) is 0 Å².